The van der Waals surface area contributed by atoms with E-state index in [1.54, 1.807) is 0 Å². The summed E-state index contributed by atoms with van der Waals surface area (Å²) in [7, 11) is 0. The van der Waals surface area contributed by atoms with Gasteiger partial charge in [0.15, 0.2) is 0 Å². The van der Waals surface area contributed by atoms with Gasteiger partial charge in [-0.05, 0) is 43.5 Å². The molecule has 2 N–H and O–H groups in total. The third-order valence-corrected chi connectivity index (χ3v) is 3.35. The Morgan fingerprint density at radius 2 is 1.74 bits per heavy atom. The maximum absolute atomic E-state index is 6.24. The highest BCUT2D eigenvalue weighted by Crippen LogP contribution is 2.21. The van der Waals surface area contributed by atoms with Gasteiger partial charge in [-0.2, -0.15) is 0 Å². The summed E-state index contributed by atoms with van der Waals surface area (Å²) >= 11 is 0. The summed E-state index contributed by atoms with van der Waals surface area (Å²) in [5.41, 5.74) is 11.0. The molecule has 0 saturated heterocycles. The molecular formula is C17H21NO. The SMILES string of the molecule is Cc1ccc(C)c(C(N)COc2ccccc2C)c1. The lowest BCUT2D eigenvalue weighted by Gasteiger charge is -2.17. The van der Waals surface area contributed by atoms with Crippen LogP contribution in [-0.4, -0.2) is 6.61 Å². The molecule has 2 rings (SSSR count). The number of nitrogens with two attached hydrogens (primary N) is 1. The van der Waals surface area contributed by atoms with E-state index in [-0.39, 0.29) is 6.04 Å². The van der Waals surface area contributed by atoms with Crippen molar-refractivity contribution in [2.24, 2.45) is 5.73 Å². The van der Waals surface area contributed by atoms with Gasteiger partial charge in [0.25, 0.3) is 0 Å². The van der Waals surface area contributed by atoms with Crippen molar-refractivity contribution >= 4 is 0 Å². The van der Waals surface area contributed by atoms with Crippen molar-refractivity contribution in [1.29, 1.82) is 0 Å². The maximum atomic E-state index is 6.24. The van der Waals surface area contributed by atoms with Gasteiger partial charge in [-0.15, -0.1) is 0 Å². The Morgan fingerprint density at radius 3 is 2.47 bits per heavy atom. The second-order valence-corrected chi connectivity index (χ2v) is 5.04. The van der Waals surface area contributed by atoms with Crippen LogP contribution in [0.2, 0.25) is 0 Å². The molecule has 1 unspecified atom stereocenters. The second kappa shape index (κ2) is 5.89. The van der Waals surface area contributed by atoms with E-state index in [0.29, 0.717) is 6.61 Å². The molecule has 0 radical (unpaired) electrons. The summed E-state index contributed by atoms with van der Waals surface area (Å²) in [6.45, 7) is 6.70. The van der Waals surface area contributed by atoms with Crippen LogP contribution in [0.4, 0.5) is 0 Å². The monoisotopic (exact) mass is 255 g/mol. The maximum Gasteiger partial charge on any atom is 0.122 e. The zero-order valence-electron chi connectivity index (χ0n) is 11.8. The Balaban J connectivity index is 2.07. The van der Waals surface area contributed by atoms with Gasteiger partial charge in [0.1, 0.15) is 12.4 Å². The predicted octanol–water partition coefficient (Wildman–Crippen LogP) is 3.69. The first-order chi connectivity index (χ1) is 9.08. The van der Waals surface area contributed by atoms with Crippen LogP contribution in [0, 0.1) is 20.8 Å². The summed E-state index contributed by atoms with van der Waals surface area (Å²) in [5.74, 6) is 0.906. The zero-order valence-corrected chi connectivity index (χ0v) is 11.8. The first-order valence-electron chi connectivity index (χ1n) is 6.59. The first-order valence-corrected chi connectivity index (χ1v) is 6.59. The third kappa shape index (κ3) is 3.36. The van der Waals surface area contributed by atoms with E-state index < -0.39 is 0 Å². The van der Waals surface area contributed by atoms with Crippen LogP contribution < -0.4 is 10.5 Å². The van der Waals surface area contributed by atoms with Crippen molar-refractivity contribution in [1.82, 2.24) is 0 Å². The van der Waals surface area contributed by atoms with Gasteiger partial charge in [0, 0.05) is 0 Å². The van der Waals surface area contributed by atoms with E-state index in [9.17, 15) is 0 Å². The average Bonchev–Trinajstić information content (AvgIpc) is 2.40. The molecule has 1 atom stereocenters. The molecule has 100 valence electrons. The Labute approximate surface area is 115 Å². The highest BCUT2D eigenvalue weighted by molar-refractivity contribution is 5.34. The molecule has 0 amide bonds. The molecule has 0 aromatic heterocycles. The Kier molecular flexibility index (Phi) is 4.23. The Morgan fingerprint density at radius 1 is 1.00 bits per heavy atom. The minimum atomic E-state index is -0.0977. The highest BCUT2D eigenvalue weighted by Gasteiger charge is 2.10. The van der Waals surface area contributed by atoms with E-state index >= 15 is 0 Å². The van der Waals surface area contributed by atoms with Crippen LogP contribution in [0.25, 0.3) is 0 Å². The van der Waals surface area contributed by atoms with Crippen molar-refractivity contribution in [2.45, 2.75) is 26.8 Å². The van der Waals surface area contributed by atoms with Gasteiger partial charge in [-0.3, -0.25) is 0 Å². The summed E-state index contributed by atoms with van der Waals surface area (Å²) in [4.78, 5) is 0. The van der Waals surface area contributed by atoms with Gasteiger partial charge in [0.2, 0.25) is 0 Å². The predicted molar refractivity (Wildman–Crippen MR) is 79.5 cm³/mol. The summed E-state index contributed by atoms with van der Waals surface area (Å²) < 4.78 is 5.82. The van der Waals surface area contributed by atoms with Gasteiger partial charge in [-0.1, -0.05) is 42.0 Å². The molecule has 0 fully saturated rings. The molecule has 0 aliphatic carbocycles. The highest BCUT2D eigenvalue weighted by atomic mass is 16.5. The van der Waals surface area contributed by atoms with Gasteiger partial charge in [-0.25, -0.2) is 0 Å². The number of para-hydroxylation sites is 1. The topological polar surface area (TPSA) is 35.2 Å². The van der Waals surface area contributed by atoms with Gasteiger partial charge < -0.3 is 10.5 Å². The molecule has 19 heavy (non-hydrogen) atoms. The molecule has 0 saturated carbocycles. The first kappa shape index (κ1) is 13.6. The fourth-order valence-electron chi connectivity index (χ4n) is 2.15. The summed E-state index contributed by atoms with van der Waals surface area (Å²) in [6.07, 6.45) is 0. The van der Waals surface area contributed by atoms with Crippen molar-refractivity contribution in [3.63, 3.8) is 0 Å². The smallest absolute Gasteiger partial charge is 0.122 e. The standard InChI is InChI=1S/C17H21NO/c1-12-8-9-13(2)15(10-12)16(18)11-19-17-7-5-4-6-14(17)3/h4-10,16H,11,18H2,1-3H3. The van der Waals surface area contributed by atoms with E-state index in [0.717, 1.165) is 16.9 Å². The number of ether oxygens (including phenoxy) is 1. The van der Waals surface area contributed by atoms with Gasteiger partial charge in [0.05, 0.1) is 6.04 Å². The van der Waals surface area contributed by atoms with Crippen LogP contribution >= 0.6 is 0 Å². The molecule has 2 aromatic rings. The number of rotatable bonds is 4. The van der Waals surface area contributed by atoms with E-state index in [2.05, 4.69) is 32.0 Å². The largest absolute Gasteiger partial charge is 0.491 e. The van der Waals surface area contributed by atoms with Crippen LogP contribution in [0.15, 0.2) is 42.5 Å². The van der Waals surface area contributed by atoms with Crippen LogP contribution in [-0.2, 0) is 0 Å². The average molecular weight is 255 g/mol. The van der Waals surface area contributed by atoms with Crippen LogP contribution in [0.1, 0.15) is 28.3 Å². The third-order valence-electron chi connectivity index (χ3n) is 3.35. The molecule has 0 bridgehead atoms. The van der Waals surface area contributed by atoms with Crippen LogP contribution in [0.5, 0.6) is 5.75 Å². The molecule has 2 heteroatoms. The lowest BCUT2D eigenvalue weighted by molar-refractivity contribution is 0.288. The molecule has 0 aliphatic heterocycles. The lowest BCUT2D eigenvalue weighted by atomic mass is 10.00. The van der Waals surface area contributed by atoms with E-state index in [1.165, 1.54) is 11.1 Å². The number of aryl methyl sites for hydroxylation is 3. The fourth-order valence-corrected chi connectivity index (χ4v) is 2.15. The second-order valence-electron chi connectivity index (χ2n) is 5.04. The summed E-state index contributed by atoms with van der Waals surface area (Å²) in [6, 6.07) is 14.3. The molecule has 0 aliphatic rings. The van der Waals surface area contributed by atoms with E-state index in [4.69, 9.17) is 10.5 Å². The molecule has 2 aromatic carbocycles. The molecule has 0 spiro atoms. The summed E-state index contributed by atoms with van der Waals surface area (Å²) in [5, 5.41) is 0. The van der Waals surface area contributed by atoms with Crippen molar-refractivity contribution in [3.05, 3.63) is 64.7 Å². The molecular weight excluding hydrogens is 234 g/mol. The molecule has 0 heterocycles. The van der Waals surface area contributed by atoms with Crippen molar-refractivity contribution in [3.8, 4) is 5.75 Å². The number of hydrogen-bond acceptors (Lipinski definition) is 2. The minimum Gasteiger partial charge on any atom is -0.491 e. The van der Waals surface area contributed by atoms with E-state index in [1.807, 2.05) is 31.2 Å². The quantitative estimate of drug-likeness (QED) is 0.904. The molecule has 2 nitrogen and oxygen atoms in total. The zero-order chi connectivity index (χ0) is 13.8. The fraction of sp³-hybridized carbons (Fsp3) is 0.294. The number of benzene rings is 2. The lowest BCUT2D eigenvalue weighted by Crippen LogP contribution is -2.20. The number of hydrogen-bond donors (Lipinski definition) is 1. The minimum absolute atomic E-state index is 0.0977. The van der Waals surface area contributed by atoms with Crippen molar-refractivity contribution in [2.75, 3.05) is 6.61 Å². The Bertz CT molecular complexity index is 563. The van der Waals surface area contributed by atoms with Crippen molar-refractivity contribution < 1.29 is 4.74 Å². The Hall–Kier alpha value is -1.80. The normalized spacial score (nSPS) is 12.2. The van der Waals surface area contributed by atoms with Crippen LogP contribution in [0.3, 0.4) is 0 Å². The van der Waals surface area contributed by atoms with Gasteiger partial charge >= 0.3 is 0 Å².